The largest absolute Gasteiger partial charge is 0.339 e. The van der Waals surface area contributed by atoms with Gasteiger partial charge in [0, 0.05) is 36.2 Å². The summed E-state index contributed by atoms with van der Waals surface area (Å²) in [5.74, 6) is 0.982. The number of non-ortho nitro benzene ring substituents is 1. The van der Waals surface area contributed by atoms with Crippen molar-refractivity contribution in [2.45, 2.75) is 32.7 Å². The molecular weight excluding hydrogens is 272 g/mol. The second-order valence-electron chi connectivity index (χ2n) is 5.74. The Morgan fingerprint density at radius 1 is 1.29 bits per heavy atom. The fourth-order valence-corrected chi connectivity index (χ4v) is 1.75. The Labute approximate surface area is 122 Å². The van der Waals surface area contributed by atoms with Gasteiger partial charge in [-0.3, -0.25) is 10.1 Å². The third-order valence-corrected chi connectivity index (χ3v) is 2.80. The Kier molecular flexibility index (Phi) is 4.32. The Bertz CT molecular complexity index is 614. The minimum Gasteiger partial charge on any atom is -0.339 e. The fourth-order valence-electron chi connectivity index (χ4n) is 1.75. The summed E-state index contributed by atoms with van der Waals surface area (Å²) in [6, 6.07) is 6.07. The van der Waals surface area contributed by atoms with Crippen molar-refractivity contribution in [1.82, 2.24) is 15.5 Å². The summed E-state index contributed by atoms with van der Waals surface area (Å²) in [5, 5.41) is 17.8. The van der Waals surface area contributed by atoms with Crippen LogP contribution in [0, 0.1) is 10.1 Å². The number of nitrogens with one attached hydrogen (secondary N) is 1. The third kappa shape index (κ3) is 4.35. The van der Waals surface area contributed by atoms with Gasteiger partial charge in [0.05, 0.1) is 4.92 Å². The van der Waals surface area contributed by atoms with Crippen LogP contribution in [0.15, 0.2) is 28.8 Å². The summed E-state index contributed by atoms with van der Waals surface area (Å²) >= 11 is 0. The average molecular weight is 290 g/mol. The molecule has 0 spiro atoms. The van der Waals surface area contributed by atoms with Crippen LogP contribution in [-0.2, 0) is 6.42 Å². The van der Waals surface area contributed by atoms with Gasteiger partial charge in [0.25, 0.3) is 5.69 Å². The highest BCUT2D eigenvalue weighted by atomic mass is 16.6. The molecule has 0 aliphatic rings. The van der Waals surface area contributed by atoms with Gasteiger partial charge >= 0.3 is 0 Å². The second kappa shape index (κ2) is 6.01. The first-order chi connectivity index (χ1) is 9.85. The van der Waals surface area contributed by atoms with Crippen LogP contribution in [0.3, 0.4) is 0 Å². The molecule has 0 saturated heterocycles. The van der Waals surface area contributed by atoms with Gasteiger partial charge in [-0.2, -0.15) is 4.98 Å². The van der Waals surface area contributed by atoms with E-state index in [0.717, 1.165) is 6.54 Å². The van der Waals surface area contributed by atoms with E-state index in [1.807, 2.05) is 0 Å². The summed E-state index contributed by atoms with van der Waals surface area (Å²) in [6.07, 6.45) is 0.636. The predicted molar refractivity (Wildman–Crippen MR) is 77.8 cm³/mol. The van der Waals surface area contributed by atoms with E-state index in [0.29, 0.717) is 23.7 Å². The molecule has 1 N–H and O–H groups in total. The molecule has 0 atom stereocenters. The van der Waals surface area contributed by atoms with Crippen LogP contribution in [0.4, 0.5) is 5.69 Å². The highest BCUT2D eigenvalue weighted by Gasteiger charge is 2.12. The molecule has 2 rings (SSSR count). The van der Waals surface area contributed by atoms with Crippen LogP contribution in [0.5, 0.6) is 0 Å². The van der Waals surface area contributed by atoms with Crippen LogP contribution >= 0.6 is 0 Å². The monoisotopic (exact) mass is 290 g/mol. The van der Waals surface area contributed by atoms with E-state index in [1.165, 1.54) is 12.1 Å². The maximum atomic E-state index is 10.6. The van der Waals surface area contributed by atoms with Gasteiger partial charge in [0.2, 0.25) is 11.7 Å². The molecule has 0 aliphatic heterocycles. The molecule has 112 valence electrons. The van der Waals surface area contributed by atoms with Gasteiger partial charge in [-0.05, 0) is 32.9 Å². The minimum atomic E-state index is -0.441. The van der Waals surface area contributed by atoms with Gasteiger partial charge in [0.15, 0.2) is 0 Å². The quantitative estimate of drug-likeness (QED) is 0.671. The molecule has 0 radical (unpaired) electrons. The maximum Gasteiger partial charge on any atom is 0.269 e. The lowest BCUT2D eigenvalue weighted by Crippen LogP contribution is -2.37. The summed E-state index contributed by atoms with van der Waals surface area (Å²) < 4.78 is 5.18. The fraction of sp³-hybridized carbons (Fsp3) is 0.429. The number of aromatic nitrogens is 2. The molecular formula is C14H18N4O3. The smallest absolute Gasteiger partial charge is 0.269 e. The van der Waals surface area contributed by atoms with E-state index in [2.05, 4.69) is 36.2 Å². The number of nitrogens with zero attached hydrogens (tertiary/aromatic N) is 3. The summed E-state index contributed by atoms with van der Waals surface area (Å²) in [4.78, 5) is 14.4. The van der Waals surface area contributed by atoms with Gasteiger partial charge in [-0.1, -0.05) is 5.16 Å². The van der Waals surface area contributed by atoms with E-state index in [1.54, 1.807) is 12.1 Å². The number of nitro groups is 1. The van der Waals surface area contributed by atoms with Gasteiger partial charge in [-0.25, -0.2) is 0 Å². The first-order valence-electron chi connectivity index (χ1n) is 6.67. The van der Waals surface area contributed by atoms with Gasteiger partial charge < -0.3 is 9.84 Å². The molecule has 0 unspecified atom stereocenters. The Hall–Kier alpha value is -2.28. The Morgan fingerprint density at radius 2 is 1.95 bits per heavy atom. The molecule has 1 aromatic heterocycles. The van der Waals surface area contributed by atoms with E-state index in [9.17, 15) is 10.1 Å². The lowest BCUT2D eigenvalue weighted by atomic mass is 10.1. The van der Waals surface area contributed by atoms with Crippen molar-refractivity contribution in [1.29, 1.82) is 0 Å². The SMILES string of the molecule is CC(C)(C)NCCc1nc(-c2ccc([N+](=O)[O-])cc2)no1. The number of nitro benzene ring substituents is 1. The molecule has 7 heteroatoms. The summed E-state index contributed by atoms with van der Waals surface area (Å²) in [7, 11) is 0. The van der Waals surface area contributed by atoms with Crippen molar-refractivity contribution in [3.8, 4) is 11.4 Å². The standard InChI is InChI=1S/C14H18N4O3/c1-14(2,3)15-9-8-12-16-13(17-21-12)10-4-6-11(7-5-10)18(19)20/h4-7,15H,8-9H2,1-3H3. The molecule has 0 aliphatic carbocycles. The topological polar surface area (TPSA) is 94.1 Å². The zero-order valence-corrected chi connectivity index (χ0v) is 12.3. The Morgan fingerprint density at radius 3 is 2.52 bits per heavy atom. The molecule has 0 saturated carbocycles. The lowest BCUT2D eigenvalue weighted by Gasteiger charge is -2.19. The van der Waals surface area contributed by atoms with Gasteiger partial charge in [-0.15, -0.1) is 0 Å². The molecule has 0 amide bonds. The van der Waals surface area contributed by atoms with E-state index >= 15 is 0 Å². The molecule has 21 heavy (non-hydrogen) atoms. The van der Waals surface area contributed by atoms with Crippen LogP contribution in [0.25, 0.3) is 11.4 Å². The zero-order chi connectivity index (χ0) is 15.5. The Balaban J connectivity index is 2.00. The molecule has 0 fully saturated rings. The number of hydrogen-bond acceptors (Lipinski definition) is 6. The zero-order valence-electron chi connectivity index (χ0n) is 12.3. The van der Waals surface area contributed by atoms with E-state index in [4.69, 9.17) is 4.52 Å². The summed E-state index contributed by atoms with van der Waals surface area (Å²) in [6.45, 7) is 7.00. The molecule has 7 nitrogen and oxygen atoms in total. The third-order valence-electron chi connectivity index (χ3n) is 2.80. The molecule has 2 aromatic rings. The van der Waals surface area contributed by atoms with Crippen LogP contribution in [-0.4, -0.2) is 27.1 Å². The van der Waals surface area contributed by atoms with Crippen molar-refractivity contribution in [3.63, 3.8) is 0 Å². The van der Waals surface area contributed by atoms with Crippen molar-refractivity contribution < 1.29 is 9.45 Å². The van der Waals surface area contributed by atoms with Crippen molar-refractivity contribution in [3.05, 3.63) is 40.3 Å². The highest BCUT2D eigenvalue weighted by Crippen LogP contribution is 2.19. The van der Waals surface area contributed by atoms with Crippen LogP contribution < -0.4 is 5.32 Å². The normalized spacial score (nSPS) is 11.6. The van der Waals surface area contributed by atoms with Crippen molar-refractivity contribution in [2.75, 3.05) is 6.54 Å². The minimum absolute atomic E-state index is 0.0387. The van der Waals surface area contributed by atoms with Gasteiger partial charge in [0.1, 0.15) is 0 Å². The maximum absolute atomic E-state index is 10.6. The molecule has 0 bridgehead atoms. The number of rotatable bonds is 5. The lowest BCUT2D eigenvalue weighted by molar-refractivity contribution is -0.384. The number of hydrogen-bond donors (Lipinski definition) is 1. The predicted octanol–water partition coefficient (Wildman–Crippen LogP) is 2.58. The van der Waals surface area contributed by atoms with E-state index < -0.39 is 4.92 Å². The average Bonchev–Trinajstić information content (AvgIpc) is 2.86. The second-order valence-corrected chi connectivity index (χ2v) is 5.74. The molecule has 1 heterocycles. The highest BCUT2D eigenvalue weighted by molar-refractivity contribution is 5.56. The molecule has 1 aromatic carbocycles. The summed E-state index contributed by atoms with van der Waals surface area (Å²) in [5.41, 5.74) is 0.775. The van der Waals surface area contributed by atoms with E-state index in [-0.39, 0.29) is 11.2 Å². The first-order valence-corrected chi connectivity index (χ1v) is 6.67. The first kappa shape index (κ1) is 15.1. The van der Waals surface area contributed by atoms with Crippen molar-refractivity contribution in [2.24, 2.45) is 0 Å². The van der Waals surface area contributed by atoms with Crippen molar-refractivity contribution >= 4 is 5.69 Å². The van der Waals surface area contributed by atoms with Crippen LogP contribution in [0.2, 0.25) is 0 Å². The van der Waals surface area contributed by atoms with Crippen LogP contribution in [0.1, 0.15) is 26.7 Å². The number of benzene rings is 1.